The molecule has 2 aromatic heterocycles. The molecule has 1 unspecified atom stereocenters. The average molecular weight is 327 g/mol. The Balaban J connectivity index is 1.57. The van der Waals surface area contributed by atoms with Crippen LogP contribution in [0.1, 0.15) is 77.7 Å². The van der Waals surface area contributed by atoms with Gasteiger partial charge in [-0.1, -0.05) is 20.3 Å². The van der Waals surface area contributed by atoms with E-state index in [1.807, 2.05) is 4.90 Å². The molecule has 0 radical (unpaired) electrons. The molecule has 0 spiro atoms. The van der Waals surface area contributed by atoms with E-state index in [0.717, 1.165) is 62.0 Å². The molecule has 1 aliphatic carbocycles. The lowest BCUT2D eigenvalue weighted by Gasteiger charge is -2.27. The lowest BCUT2D eigenvalue weighted by atomic mass is 9.95. The van der Waals surface area contributed by atoms with Crippen molar-refractivity contribution in [3.8, 4) is 0 Å². The monoisotopic (exact) mass is 327 g/mol. The molecule has 1 amide bonds. The lowest BCUT2D eigenvalue weighted by Crippen LogP contribution is -2.36. The summed E-state index contributed by atoms with van der Waals surface area (Å²) in [7, 11) is 0. The van der Waals surface area contributed by atoms with Crippen molar-refractivity contribution in [2.45, 2.75) is 64.8 Å². The highest BCUT2D eigenvalue weighted by Crippen LogP contribution is 2.30. The molecule has 6 heteroatoms. The van der Waals surface area contributed by atoms with Crippen molar-refractivity contribution in [2.24, 2.45) is 0 Å². The van der Waals surface area contributed by atoms with Crippen LogP contribution in [0.5, 0.6) is 0 Å². The molecule has 1 aliphatic heterocycles. The minimum absolute atomic E-state index is 0.0651. The van der Waals surface area contributed by atoms with Crippen LogP contribution < -0.4 is 0 Å². The smallest absolute Gasteiger partial charge is 0.274 e. The number of rotatable bonds is 4. The zero-order valence-electron chi connectivity index (χ0n) is 14.5. The number of H-pyrrole nitrogens is 2. The average Bonchev–Trinajstić information content (AvgIpc) is 3.28. The fraction of sp³-hybridized carbons (Fsp3) is 0.611. The third-order valence-corrected chi connectivity index (χ3v) is 5.45. The van der Waals surface area contributed by atoms with Crippen molar-refractivity contribution in [3.63, 3.8) is 0 Å². The van der Waals surface area contributed by atoms with Gasteiger partial charge in [0.05, 0.1) is 5.69 Å². The van der Waals surface area contributed by atoms with E-state index in [0.29, 0.717) is 18.2 Å². The van der Waals surface area contributed by atoms with Gasteiger partial charge in [0.2, 0.25) is 0 Å². The maximum Gasteiger partial charge on any atom is 0.274 e. The molecular weight excluding hydrogens is 302 g/mol. The van der Waals surface area contributed by atoms with E-state index in [1.165, 1.54) is 11.3 Å². The van der Waals surface area contributed by atoms with Gasteiger partial charge in [-0.3, -0.25) is 15.0 Å². The zero-order chi connectivity index (χ0) is 16.7. The Morgan fingerprint density at radius 1 is 1.17 bits per heavy atom. The number of amides is 1. The predicted octanol–water partition coefficient (Wildman–Crippen LogP) is 2.72. The van der Waals surface area contributed by atoms with E-state index in [1.54, 1.807) is 0 Å². The number of aromatic amines is 2. The summed E-state index contributed by atoms with van der Waals surface area (Å²) in [4.78, 5) is 14.9. The molecule has 0 saturated heterocycles. The molecule has 0 bridgehead atoms. The molecular formula is C18H25N5O. The topological polar surface area (TPSA) is 77.7 Å². The van der Waals surface area contributed by atoms with Gasteiger partial charge in [0.25, 0.3) is 5.91 Å². The first-order valence-corrected chi connectivity index (χ1v) is 9.10. The second-order valence-electron chi connectivity index (χ2n) is 7.12. The summed E-state index contributed by atoms with van der Waals surface area (Å²) in [5, 5.41) is 15.1. The second kappa shape index (κ2) is 6.07. The molecule has 0 saturated carbocycles. The van der Waals surface area contributed by atoms with Crippen molar-refractivity contribution >= 4 is 5.91 Å². The van der Waals surface area contributed by atoms with E-state index in [2.05, 4.69) is 34.2 Å². The summed E-state index contributed by atoms with van der Waals surface area (Å²) in [5.74, 6) is 0.495. The third-order valence-electron chi connectivity index (χ3n) is 5.45. The van der Waals surface area contributed by atoms with Crippen molar-refractivity contribution < 1.29 is 4.79 Å². The highest BCUT2D eigenvalue weighted by atomic mass is 16.2. The Kier molecular flexibility index (Phi) is 3.90. The van der Waals surface area contributed by atoms with Crippen LogP contribution in [0.25, 0.3) is 0 Å². The molecule has 24 heavy (non-hydrogen) atoms. The number of hydrogen-bond acceptors (Lipinski definition) is 3. The van der Waals surface area contributed by atoms with Crippen LogP contribution in [-0.4, -0.2) is 37.7 Å². The van der Waals surface area contributed by atoms with Gasteiger partial charge in [-0.25, -0.2) is 0 Å². The van der Waals surface area contributed by atoms with E-state index in [9.17, 15) is 4.79 Å². The molecule has 2 N–H and O–H groups in total. The fourth-order valence-electron chi connectivity index (χ4n) is 4.11. The Hall–Kier alpha value is -2.11. The van der Waals surface area contributed by atoms with Gasteiger partial charge in [0.1, 0.15) is 0 Å². The van der Waals surface area contributed by atoms with Crippen LogP contribution in [0.2, 0.25) is 0 Å². The van der Waals surface area contributed by atoms with Gasteiger partial charge >= 0.3 is 0 Å². The standard InChI is InChI=1S/C18H25N5O/c1-3-5-11(2)16-13-10-23(9-8-15(13)20-21-16)18(24)17-12-6-4-7-14(12)19-22-17/h11H,3-10H2,1-2H3,(H,19,22)(H,20,21). The zero-order valence-corrected chi connectivity index (χ0v) is 14.5. The first kappa shape index (κ1) is 15.4. The van der Waals surface area contributed by atoms with E-state index in [4.69, 9.17) is 0 Å². The molecule has 1 atom stereocenters. The number of carbonyl (C=O) groups is 1. The summed E-state index contributed by atoms with van der Waals surface area (Å²) in [6, 6.07) is 0. The molecule has 128 valence electrons. The number of nitrogens with one attached hydrogen (secondary N) is 2. The Bertz CT molecular complexity index is 760. The van der Waals surface area contributed by atoms with Gasteiger partial charge < -0.3 is 4.90 Å². The first-order valence-electron chi connectivity index (χ1n) is 9.10. The van der Waals surface area contributed by atoms with Crippen LogP contribution in [-0.2, 0) is 25.8 Å². The summed E-state index contributed by atoms with van der Waals surface area (Å²) >= 11 is 0. The Labute approximate surface area is 142 Å². The maximum absolute atomic E-state index is 13.0. The largest absolute Gasteiger partial charge is 0.332 e. The lowest BCUT2D eigenvalue weighted by molar-refractivity contribution is 0.0726. The fourth-order valence-corrected chi connectivity index (χ4v) is 4.11. The van der Waals surface area contributed by atoms with Gasteiger partial charge in [-0.05, 0) is 25.7 Å². The first-order chi connectivity index (χ1) is 11.7. The summed E-state index contributed by atoms with van der Waals surface area (Å²) in [6.45, 7) is 5.80. The van der Waals surface area contributed by atoms with E-state index >= 15 is 0 Å². The maximum atomic E-state index is 13.0. The van der Waals surface area contributed by atoms with Crippen molar-refractivity contribution in [3.05, 3.63) is 33.9 Å². The van der Waals surface area contributed by atoms with Crippen LogP contribution in [0.3, 0.4) is 0 Å². The SMILES string of the molecule is CCCC(C)c1n[nH]c2c1CN(C(=O)c1n[nH]c3c1CCC3)CC2. The highest BCUT2D eigenvalue weighted by molar-refractivity contribution is 5.94. The van der Waals surface area contributed by atoms with Crippen LogP contribution in [0, 0.1) is 0 Å². The highest BCUT2D eigenvalue weighted by Gasteiger charge is 2.31. The molecule has 3 heterocycles. The number of hydrogen-bond donors (Lipinski definition) is 2. The molecule has 4 rings (SSSR count). The van der Waals surface area contributed by atoms with Gasteiger partial charge in [0.15, 0.2) is 5.69 Å². The summed E-state index contributed by atoms with van der Waals surface area (Å²) in [6.07, 6.45) is 6.22. The number of aromatic nitrogens is 4. The number of nitrogens with zero attached hydrogens (tertiary/aromatic N) is 3. The van der Waals surface area contributed by atoms with Gasteiger partial charge in [-0.15, -0.1) is 0 Å². The van der Waals surface area contributed by atoms with E-state index < -0.39 is 0 Å². The number of aryl methyl sites for hydroxylation is 1. The predicted molar refractivity (Wildman–Crippen MR) is 91.0 cm³/mol. The van der Waals surface area contributed by atoms with Crippen molar-refractivity contribution in [2.75, 3.05) is 6.54 Å². The van der Waals surface area contributed by atoms with Crippen molar-refractivity contribution in [1.82, 2.24) is 25.3 Å². The minimum Gasteiger partial charge on any atom is -0.332 e. The van der Waals surface area contributed by atoms with Gasteiger partial charge in [0, 0.05) is 47.9 Å². The molecule has 0 fully saturated rings. The molecule has 2 aromatic rings. The van der Waals surface area contributed by atoms with Crippen LogP contribution in [0.15, 0.2) is 0 Å². The van der Waals surface area contributed by atoms with Crippen LogP contribution >= 0.6 is 0 Å². The molecule has 2 aliphatic rings. The van der Waals surface area contributed by atoms with Gasteiger partial charge in [-0.2, -0.15) is 10.2 Å². The Morgan fingerprint density at radius 2 is 1.96 bits per heavy atom. The Morgan fingerprint density at radius 3 is 2.79 bits per heavy atom. The molecule has 6 nitrogen and oxygen atoms in total. The summed E-state index contributed by atoms with van der Waals surface area (Å²) < 4.78 is 0. The second-order valence-corrected chi connectivity index (χ2v) is 7.12. The number of carbonyl (C=O) groups excluding carboxylic acids is 1. The van der Waals surface area contributed by atoms with E-state index in [-0.39, 0.29) is 5.91 Å². The summed E-state index contributed by atoms with van der Waals surface area (Å²) in [5.41, 5.74) is 6.48. The minimum atomic E-state index is 0.0651. The van der Waals surface area contributed by atoms with Crippen LogP contribution in [0.4, 0.5) is 0 Å². The van der Waals surface area contributed by atoms with Crippen molar-refractivity contribution in [1.29, 1.82) is 0 Å². The third kappa shape index (κ3) is 2.44. The number of fused-ring (bicyclic) bond motifs is 2. The normalized spacial score (nSPS) is 17.7. The quantitative estimate of drug-likeness (QED) is 0.906. The molecule has 0 aromatic carbocycles.